The quantitative estimate of drug-likeness (QED) is 0.565. The van der Waals surface area contributed by atoms with Crippen molar-refractivity contribution in [3.63, 3.8) is 0 Å². The Morgan fingerprint density at radius 2 is 1.48 bits per heavy atom. The molecule has 3 rings (SSSR count). The van der Waals surface area contributed by atoms with Gasteiger partial charge in [0.15, 0.2) is 0 Å². The second-order valence-corrected chi connectivity index (χ2v) is 7.82. The Hall–Kier alpha value is -2.11. The maximum Gasteiger partial charge on any atom is 0.242 e. The molecule has 25 heavy (non-hydrogen) atoms. The molecule has 2 heterocycles. The molecule has 0 saturated heterocycles. The molecule has 0 saturated carbocycles. The highest BCUT2D eigenvalue weighted by Gasteiger charge is 2.18. The van der Waals surface area contributed by atoms with Crippen LogP contribution in [0.25, 0.3) is 0 Å². The first-order valence-corrected chi connectivity index (χ1v) is 10.1. The van der Waals surface area contributed by atoms with Crippen LogP contribution in [0.2, 0.25) is 0 Å². The topological polar surface area (TPSA) is 23.6 Å². The number of thiophene rings is 2. The zero-order chi connectivity index (χ0) is 17.5. The van der Waals surface area contributed by atoms with Crippen molar-refractivity contribution < 1.29 is 4.79 Å². The summed E-state index contributed by atoms with van der Waals surface area (Å²) < 4.78 is 0. The number of carbonyl (C=O) groups excluding carboxylic acids is 1. The first-order valence-electron chi connectivity index (χ1n) is 8.39. The third-order valence-corrected chi connectivity index (χ3v) is 5.76. The molecule has 1 amide bonds. The number of amides is 1. The van der Waals surface area contributed by atoms with Crippen molar-refractivity contribution in [1.82, 2.24) is 4.90 Å². The summed E-state index contributed by atoms with van der Waals surface area (Å²) in [6.45, 7) is 4.63. The Labute approximate surface area is 157 Å². The van der Waals surface area contributed by atoms with Gasteiger partial charge in [0.2, 0.25) is 5.91 Å². The van der Waals surface area contributed by atoms with Crippen LogP contribution in [0.4, 0.5) is 5.69 Å². The van der Waals surface area contributed by atoms with Crippen LogP contribution in [-0.2, 0) is 17.9 Å². The monoisotopic (exact) mass is 370 g/mol. The van der Waals surface area contributed by atoms with E-state index in [9.17, 15) is 4.79 Å². The van der Waals surface area contributed by atoms with Crippen molar-refractivity contribution in [1.29, 1.82) is 0 Å². The summed E-state index contributed by atoms with van der Waals surface area (Å²) in [6, 6.07) is 18.4. The standard InChI is InChI=1S/C20H22N2OS2/c1-2-21(17-8-4-3-5-9-17)16-20(23)22(14-18-10-6-12-24-18)15-19-11-7-13-25-19/h3-13H,2,14-16H2,1H3. The van der Waals surface area contributed by atoms with Gasteiger partial charge in [-0.3, -0.25) is 4.79 Å². The number of para-hydroxylation sites is 1. The van der Waals surface area contributed by atoms with Crippen molar-refractivity contribution >= 4 is 34.3 Å². The summed E-state index contributed by atoms with van der Waals surface area (Å²) >= 11 is 3.40. The van der Waals surface area contributed by atoms with Gasteiger partial charge in [-0.15, -0.1) is 22.7 Å². The predicted octanol–water partition coefficient (Wildman–Crippen LogP) is 4.86. The summed E-state index contributed by atoms with van der Waals surface area (Å²) in [7, 11) is 0. The molecule has 0 N–H and O–H groups in total. The van der Waals surface area contributed by atoms with Crippen molar-refractivity contribution in [3.05, 3.63) is 75.1 Å². The summed E-state index contributed by atoms with van der Waals surface area (Å²) in [6.07, 6.45) is 0. The molecule has 0 radical (unpaired) electrons. The van der Waals surface area contributed by atoms with Crippen molar-refractivity contribution in [2.75, 3.05) is 18.0 Å². The zero-order valence-electron chi connectivity index (χ0n) is 14.3. The number of hydrogen-bond acceptors (Lipinski definition) is 4. The molecule has 0 unspecified atom stereocenters. The van der Waals surface area contributed by atoms with E-state index in [1.54, 1.807) is 22.7 Å². The SMILES string of the molecule is CCN(CC(=O)N(Cc1cccs1)Cc1cccs1)c1ccccc1. The average Bonchev–Trinajstić information content (AvgIpc) is 3.33. The van der Waals surface area contributed by atoms with Crippen molar-refractivity contribution in [2.24, 2.45) is 0 Å². The molecule has 5 heteroatoms. The van der Waals surface area contributed by atoms with E-state index in [2.05, 4.69) is 46.8 Å². The van der Waals surface area contributed by atoms with Crippen LogP contribution >= 0.6 is 22.7 Å². The highest BCUT2D eigenvalue weighted by molar-refractivity contribution is 7.10. The molecule has 3 nitrogen and oxygen atoms in total. The number of likely N-dealkylation sites (N-methyl/N-ethyl adjacent to an activating group) is 1. The fourth-order valence-corrected chi connectivity index (χ4v) is 4.14. The van der Waals surface area contributed by atoms with E-state index in [1.165, 1.54) is 9.75 Å². The van der Waals surface area contributed by atoms with Gasteiger partial charge in [0, 0.05) is 22.0 Å². The lowest BCUT2D eigenvalue weighted by Crippen LogP contribution is -2.39. The van der Waals surface area contributed by atoms with E-state index < -0.39 is 0 Å². The second kappa shape index (κ2) is 8.83. The molecule has 0 aliphatic rings. The highest BCUT2D eigenvalue weighted by atomic mass is 32.1. The van der Waals surface area contributed by atoms with Gasteiger partial charge < -0.3 is 9.80 Å². The van der Waals surface area contributed by atoms with Crippen molar-refractivity contribution in [3.8, 4) is 0 Å². The van der Waals surface area contributed by atoms with Crippen LogP contribution in [-0.4, -0.2) is 23.9 Å². The van der Waals surface area contributed by atoms with Crippen LogP contribution in [0.5, 0.6) is 0 Å². The third kappa shape index (κ3) is 4.94. The molecule has 3 aromatic rings. The van der Waals surface area contributed by atoms with E-state index in [1.807, 2.05) is 35.2 Å². The molecule has 0 atom stereocenters. The maximum atomic E-state index is 13.0. The summed E-state index contributed by atoms with van der Waals surface area (Å²) in [4.78, 5) is 19.5. The van der Waals surface area contributed by atoms with Gasteiger partial charge in [-0.05, 0) is 41.9 Å². The molecule has 0 aliphatic carbocycles. The van der Waals surface area contributed by atoms with Gasteiger partial charge >= 0.3 is 0 Å². The minimum absolute atomic E-state index is 0.160. The molecular weight excluding hydrogens is 348 g/mol. The summed E-state index contributed by atoms with van der Waals surface area (Å²) in [5.74, 6) is 0.160. The van der Waals surface area contributed by atoms with E-state index in [0.717, 1.165) is 12.2 Å². The van der Waals surface area contributed by atoms with Gasteiger partial charge in [0.05, 0.1) is 19.6 Å². The Bertz CT molecular complexity index is 718. The van der Waals surface area contributed by atoms with Gasteiger partial charge in [-0.25, -0.2) is 0 Å². The smallest absolute Gasteiger partial charge is 0.242 e. The molecule has 2 aromatic heterocycles. The normalized spacial score (nSPS) is 10.6. The molecule has 0 fully saturated rings. The van der Waals surface area contributed by atoms with Crippen LogP contribution in [0, 0.1) is 0 Å². The minimum Gasteiger partial charge on any atom is -0.362 e. The van der Waals surface area contributed by atoms with Crippen molar-refractivity contribution in [2.45, 2.75) is 20.0 Å². The van der Waals surface area contributed by atoms with Crippen LogP contribution in [0.3, 0.4) is 0 Å². The largest absolute Gasteiger partial charge is 0.362 e. The van der Waals surface area contributed by atoms with Gasteiger partial charge in [0.25, 0.3) is 0 Å². The third-order valence-electron chi connectivity index (χ3n) is 4.04. The number of nitrogens with zero attached hydrogens (tertiary/aromatic N) is 2. The fraction of sp³-hybridized carbons (Fsp3) is 0.250. The number of rotatable bonds is 8. The number of benzene rings is 1. The van der Waals surface area contributed by atoms with Crippen LogP contribution < -0.4 is 4.90 Å². The van der Waals surface area contributed by atoms with E-state index in [4.69, 9.17) is 0 Å². The minimum atomic E-state index is 0.160. The zero-order valence-corrected chi connectivity index (χ0v) is 15.9. The summed E-state index contributed by atoms with van der Waals surface area (Å²) in [5, 5.41) is 4.12. The lowest BCUT2D eigenvalue weighted by Gasteiger charge is -2.27. The molecule has 1 aromatic carbocycles. The lowest BCUT2D eigenvalue weighted by atomic mass is 10.2. The average molecular weight is 371 g/mol. The molecule has 0 bridgehead atoms. The number of hydrogen-bond donors (Lipinski definition) is 0. The molecular formula is C20H22N2OS2. The van der Waals surface area contributed by atoms with Gasteiger partial charge in [-0.1, -0.05) is 30.3 Å². The number of carbonyl (C=O) groups is 1. The Balaban J connectivity index is 1.73. The summed E-state index contributed by atoms with van der Waals surface area (Å²) in [5.41, 5.74) is 1.09. The van der Waals surface area contributed by atoms with E-state index in [-0.39, 0.29) is 5.91 Å². The van der Waals surface area contributed by atoms with Crippen LogP contribution in [0.1, 0.15) is 16.7 Å². The molecule has 0 spiro atoms. The van der Waals surface area contributed by atoms with E-state index in [0.29, 0.717) is 19.6 Å². The molecule has 0 aliphatic heterocycles. The first kappa shape index (κ1) is 17.7. The Kier molecular flexibility index (Phi) is 6.25. The highest BCUT2D eigenvalue weighted by Crippen LogP contribution is 2.19. The first-order chi connectivity index (χ1) is 12.3. The van der Waals surface area contributed by atoms with Crippen LogP contribution in [0.15, 0.2) is 65.4 Å². The second-order valence-electron chi connectivity index (χ2n) is 5.76. The maximum absolute atomic E-state index is 13.0. The predicted molar refractivity (Wildman–Crippen MR) is 107 cm³/mol. The van der Waals surface area contributed by atoms with Gasteiger partial charge in [0.1, 0.15) is 0 Å². The Morgan fingerprint density at radius 1 is 0.880 bits per heavy atom. The molecule has 130 valence electrons. The number of anilines is 1. The fourth-order valence-electron chi connectivity index (χ4n) is 2.70. The van der Waals surface area contributed by atoms with Gasteiger partial charge in [-0.2, -0.15) is 0 Å². The van der Waals surface area contributed by atoms with E-state index >= 15 is 0 Å². The Morgan fingerprint density at radius 3 is 1.96 bits per heavy atom. The lowest BCUT2D eigenvalue weighted by molar-refractivity contribution is -0.130.